The van der Waals surface area contributed by atoms with Crippen molar-refractivity contribution in [2.24, 2.45) is 5.92 Å². The molecule has 7 heteroatoms. The van der Waals surface area contributed by atoms with Crippen molar-refractivity contribution < 1.29 is 14.7 Å². The van der Waals surface area contributed by atoms with E-state index in [-0.39, 0.29) is 23.8 Å². The molecule has 2 heterocycles. The minimum atomic E-state index is -0.739. The van der Waals surface area contributed by atoms with Gasteiger partial charge < -0.3 is 10.4 Å². The van der Waals surface area contributed by atoms with Crippen LogP contribution in [-0.4, -0.2) is 37.8 Å². The first-order valence-electron chi connectivity index (χ1n) is 12.6. The predicted octanol–water partition coefficient (Wildman–Crippen LogP) is 4.96. The van der Waals surface area contributed by atoms with E-state index in [1.54, 1.807) is 0 Å². The summed E-state index contributed by atoms with van der Waals surface area (Å²) in [6.07, 6.45) is 8.24. The highest BCUT2D eigenvalue weighted by molar-refractivity contribution is 5.98. The maximum atomic E-state index is 13.5. The minimum absolute atomic E-state index is 0.0175. The van der Waals surface area contributed by atoms with Crippen LogP contribution in [0.5, 0.6) is 0 Å². The molecule has 0 aliphatic heterocycles. The van der Waals surface area contributed by atoms with Gasteiger partial charge in [-0.15, -0.1) is 0 Å². The van der Waals surface area contributed by atoms with Crippen molar-refractivity contribution in [3.8, 4) is 0 Å². The molecule has 3 aromatic rings. The highest BCUT2D eigenvalue weighted by Gasteiger charge is 2.32. The zero-order valence-corrected chi connectivity index (χ0v) is 20.3. The summed E-state index contributed by atoms with van der Waals surface area (Å²) in [4.78, 5) is 29.4. The van der Waals surface area contributed by atoms with Crippen LogP contribution in [0.4, 0.5) is 0 Å². The lowest BCUT2D eigenvalue weighted by Crippen LogP contribution is -2.39. The maximum absolute atomic E-state index is 13.5. The fourth-order valence-electron chi connectivity index (χ4n) is 5.54. The summed E-state index contributed by atoms with van der Waals surface area (Å²) >= 11 is 0. The van der Waals surface area contributed by atoms with Crippen molar-refractivity contribution in [1.29, 1.82) is 0 Å². The first-order chi connectivity index (χ1) is 16.9. The second kappa shape index (κ2) is 9.64. The van der Waals surface area contributed by atoms with Gasteiger partial charge in [-0.25, -0.2) is 0 Å². The lowest BCUT2D eigenvalue weighted by Gasteiger charge is -2.27. The van der Waals surface area contributed by atoms with Gasteiger partial charge in [0.05, 0.1) is 5.92 Å². The van der Waals surface area contributed by atoms with Crippen molar-refractivity contribution in [1.82, 2.24) is 20.1 Å². The summed E-state index contributed by atoms with van der Waals surface area (Å²) in [5.74, 6) is -0.936. The van der Waals surface area contributed by atoms with Crippen molar-refractivity contribution in [2.75, 3.05) is 0 Å². The van der Waals surface area contributed by atoms with E-state index in [9.17, 15) is 14.7 Å². The Morgan fingerprint density at radius 3 is 2.60 bits per heavy atom. The van der Waals surface area contributed by atoms with Gasteiger partial charge in [0.1, 0.15) is 0 Å². The van der Waals surface area contributed by atoms with Crippen molar-refractivity contribution in [3.63, 3.8) is 0 Å². The number of nitrogens with zero attached hydrogens (tertiary/aromatic N) is 3. The number of carbonyl (C=O) groups is 2. The lowest BCUT2D eigenvalue weighted by atomic mass is 9.84. The third kappa shape index (κ3) is 4.59. The Hall–Kier alpha value is -3.48. The van der Waals surface area contributed by atoms with Crippen molar-refractivity contribution in [3.05, 3.63) is 65.2 Å². The van der Waals surface area contributed by atoms with Gasteiger partial charge in [-0.1, -0.05) is 37.3 Å². The van der Waals surface area contributed by atoms with Crippen LogP contribution in [0, 0.1) is 5.92 Å². The number of amides is 1. The first kappa shape index (κ1) is 23.3. The molecule has 1 saturated carbocycles. The Bertz CT molecular complexity index is 1300. The summed E-state index contributed by atoms with van der Waals surface area (Å²) in [7, 11) is 0. The molecule has 1 fully saturated rings. The van der Waals surface area contributed by atoms with E-state index in [0.717, 1.165) is 39.7 Å². The minimum Gasteiger partial charge on any atom is -0.481 e. The number of fused-ring (bicyclic) bond motifs is 2. The summed E-state index contributed by atoms with van der Waals surface area (Å²) < 4.78 is 1.97. The normalized spacial score (nSPS) is 21.9. The van der Waals surface area contributed by atoms with Gasteiger partial charge >= 0.3 is 5.97 Å². The van der Waals surface area contributed by atoms with Crippen molar-refractivity contribution in [2.45, 2.75) is 70.9 Å². The van der Waals surface area contributed by atoms with E-state index in [1.807, 2.05) is 23.0 Å². The molecule has 2 N–H and O–H groups in total. The van der Waals surface area contributed by atoms with Gasteiger partial charge in [0.25, 0.3) is 5.91 Å². The van der Waals surface area contributed by atoms with E-state index >= 15 is 0 Å². The third-order valence-corrected chi connectivity index (χ3v) is 7.48. The number of hydrogen-bond donors (Lipinski definition) is 2. The summed E-state index contributed by atoms with van der Waals surface area (Å²) in [5, 5.41) is 19.4. The number of aryl methyl sites for hydroxylation is 1. The number of rotatable bonds is 6. The Labute approximate surface area is 205 Å². The highest BCUT2D eigenvalue weighted by atomic mass is 16.4. The monoisotopic (exact) mass is 472 g/mol. The van der Waals surface area contributed by atoms with Gasteiger partial charge in [0.2, 0.25) is 0 Å². The molecule has 2 aliphatic carbocycles. The van der Waals surface area contributed by atoms with Crippen LogP contribution in [0.2, 0.25) is 0 Å². The number of carboxylic acid groups (broad SMARTS) is 1. The largest absolute Gasteiger partial charge is 0.481 e. The molecule has 1 amide bonds. The number of carboxylic acids is 1. The van der Waals surface area contributed by atoms with E-state index in [1.165, 1.54) is 0 Å². The summed E-state index contributed by atoms with van der Waals surface area (Å²) in [6, 6.07) is 10.3. The smallest absolute Gasteiger partial charge is 0.306 e. The number of pyridine rings is 1. The van der Waals surface area contributed by atoms with Gasteiger partial charge in [-0.3, -0.25) is 19.3 Å². The second-order valence-electron chi connectivity index (χ2n) is 9.85. The molecule has 0 spiro atoms. The quantitative estimate of drug-likeness (QED) is 0.529. The topological polar surface area (TPSA) is 97.1 Å². The molecule has 0 saturated heterocycles. The van der Waals surface area contributed by atoms with E-state index in [0.29, 0.717) is 44.3 Å². The third-order valence-electron chi connectivity index (χ3n) is 7.48. The average Bonchev–Trinajstić information content (AvgIpc) is 3.27. The molecule has 2 aliphatic rings. The molecular formula is C28H32N4O3. The number of benzene rings is 1. The number of allylic oxidation sites excluding steroid dienone is 2. The first-order valence-corrected chi connectivity index (χ1v) is 12.6. The van der Waals surface area contributed by atoms with Crippen molar-refractivity contribution >= 4 is 28.2 Å². The lowest BCUT2D eigenvalue weighted by molar-refractivity contribution is -0.142. The number of carbonyl (C=O) groups excluding carboxylic acids is 1. The molecule has 182 valence electrons. The molecule has 7 nitrogen and oxygen atoms in total. The maximum Gasteiger partial charge on any atom is 0.306 e. The van der Waals surface area contributed by atoms with E-state index in [4.69, 9.17) is 10.1 Å². The number of aromatic nitrogens is 3. The molecule has 0 bridgehead atoms. The fourth-order valence-corrected chi connectivity index (χ4v) is 5.54. The van der Waals surface area contributed by atoms with Gasteiger partial charge in [-0.05, 0) is 56.1 Å². The van der Waals surface area contributed by atoms with Crippen LogP contribution < -0.4 is 5.32 Å². The Balaban J connectivity index is 1.43. The SMILES string of the molecule is CCn1nc(C(=O)NC2CCC(C(=O)O)CC2)c2c1C(C)CC=C2Cc1cc2ccccc2cn1. The van der Waals surface area contributed by atoms with Crippen LogP contribution in [0.15, 0.2) is 42.6 Å². The predicted molar refractivity (Wildman–Crippen MR) is 135 cm³/mol. The number of hydrogen-bond acceptors (Lipinski definition) is 4. The Kier molecular flexibility index (Phi) is 6.41. The molecule has 1 aromatic carbocycles. The molecule has 1 unspecified atom stereocenters. The van der Waals surface area contributed by atoms with Gasteiger partial charge in [0, 0.05) is 53.5 Å². The summed E-state index contributed by atoms with van der Waals surface area (Å²) in [6.45, 7) is 4.94. The standard InChI is InChI=1S/C28H32N4O3/c1-3-32-26-17(2)8-9-20(15-23-14-19-6-4-5-7-21(19)16-29-23)24(26)25(31-32)27(33)30-22-12-10-18(11-13-22)28(34)35/h4-7,9,14,16-18,22H,3,8,10-13,15H2,1-2H3,(H,30,33)(H,34,35). The molecule has 1 atom stereocenters. The zero-order valence-electron chi connectivity index (χ0n) is 20.3. The average molecular weight is 473 g/mol. The summed E-state index contributed by atoms with van der Waals surface area (Å²) in [5.41, 5.74) is 4.60. The van der Waals surface area contributed by atoms with Crippen LogP contribution in [-0.2, 0) is 17.8 Å². The van der Waals surface area contributed by atoms with Crippen LogP contribution in [0.1, 0.15) is 79.3 Å². The second-order valence-corrected chi connectivity index (χ2v) is 9.85. The molecule has 0 radical (unpaired) electrons. The number of nitrogens with one attached hydrogen (secondary N) is 1. The molecule has 5 rings (SSSR count). The van der Waals surface area contributed by atoms with E-state index in [2.05, 4.69) is 43.4 Å². The van der Waals surface area contributed by atoms with Gasteiger partial charge in [-0.2, -0.15) is 5.10 Å². The Morgan fingerprint density at radius 1 is 1.14 bits per heavy atom. The highest BCUT2D eigenvalue weighted by Crippen LogP contribution is 2.38. The zero-order chi connectivity index (χ0) is 24.5. The molecular weight excluding hydrogens is 440 g/mol. The van der Waals surface area contributed by atoms with E-state index < -0.39 is 5.97 Å². The Morgan fingerprint density at radius 2 is 1.89 bits per heavy atom. The number of aliphatic carboxylic acids is 1. The fraction of sp³-hybridized carbons (Fsp3) is 0.429. The molecule has 35 heavy (non-hydrogen) atoms. The molecule has 2 aromatic heterocycles. The van der Waals surface area contributed by atoms with Gasteiger partial charge in [0.15, 0.2) is 5.69 Å². The van der Waals surface area contributed by atoms with Crippen LogP contribution in [0.25, 0.3) is 16.3 Å². The van der Waals surface area contributed by atoms with Crippen LogP contribution in [0.3, 0.4) is 0 Å². The van der Waals surface area contributed by atoms with Crippen LogP contribution >= 0.6 is 0 Å².